The number of halogens is 2. The van der Waals surface area contributed by atoms with E-state index in [2.05, 4.69) is 44.9 Å². The highest BCUT2D eigenvalue weighted by molar-refractivity contribution is 14.0. The van der Waals surface area contributed by atoms with Crippen LogP contribution in [0.2, 0.25) is 5.02 Å². The van der Waals surface area contributed by atoms with Crippen molar-refractivity contribution in [2.45, 2.75) is 19.9 Å². The van der Waals surface area contributed by atoms with Gasteiger partial charge >= 0.3 is 0 Å². The summed E-state index contributed by atoms with van der Waals surface area (Å²) >= 11 is 6.06. The van der Waals surface area contributed by atoms with Gasteiger partial charge in [0.25, 0.3) is 0 Å². The minimum atomic E-state index is 0. The topological polar surface area (TPSA) is 44.9 Å². The van der Waals surface area contributed by atoms with Crippen LogP contribution in [0.25, 0.3) is 5.65 Å². The zero-order chi connectivity index (χ0) is 18.5. The van der Waals surface area contributed by atoms with E-state index in [0.717, 1.165) is 47.4 Å². The van der Waals surface area contributed by atoms with Crippen LogP contribution in [0.5, 0.6) is 0 Å². The van der Waals surface area contributed by atoms with Gasteiger partial charge in [0.2, 0.25) is 0 Å². The molecule has 0 aliphatic carbocycles. The maximum Gasteiger partial charge on any atom is 0.193 e. The largest absolute Gasteiger partial charge is 0.356 e. The van der Waals surface area contributed by atoms with E-state index in [1.807, 2.05) is 37.5 Å². The van der Waals surface area contributed by atoms with Crippen molar-refractivity contribution < 1.29 is 0 Å². The van der Waals surface area contributed by atoms with Gasteiger partial charge in [-0.1, -0.05) is 29.8 Å². The van der Waals surface area contributed by atoms with Crippen LogP contribution in [0.1, 0.15) is 16.8 Å². The Labute approximate surface area is 182 Å². The Balaban J connectivity index is 0.00000261. The number of guanidine groups is 1. The van der Waals surface area contributed by atoms with Gasteiger partial charge in [0, 0.05) is 51.0 Å². The number of rotatable bonds is 5. The van der Waals surface area contributed by atoms with Crippen molar-refractivity contribution in [3.05, 3.63) is 70.6 Å². The number of benzene rings is 1. The molecule has 0 aliphatic rings. The van der Waals surface area contributed by atoms with E-state index in [0.29, 0.717) is 0 Å². The number of aryl methyl sites for hydroxylation is 1. The molecule has 7 heteroatoms. The van der Waals surface area contributed by atoms with Gasteiger partial charge in [-0.05, 0) is 36.2 Å². The van der Waals surface area contributed by atoms with Gasteiger partial charge in [-0.3, -0.25) is 4.99 Å². The normalized spacial score (nSPS) is 11.3. The van der Waals surface area contributed by atoms with Crippen LogP contribution in [0, 0.1) is 6.92 Å². The van der Waals surface area contributed by atoms with E-state index in [-0.39, 0.29) is 24.0 Å². The lowest BCUT2D eigenvalue weighted by Gasteiger charge is -2.22. The summed E-state index contributed by atoms with van der Waals surface area (Å²) in [4.78, 5) is 11.2. The number of pyridine rings is 1. The van der Waals surface area contributed by atoms with Gasteiger partial charge in [0.1, 0.15) is 5.65 Å². The monoisotopic (exact) mass is 497 g/mol. The number of hydrogen-bond acceptors (Lipinski definition) is 2. The second-order valence-electron chi connectivity index (χ2n) is 6.36. The Kier molecular flexibility index (Phi) is 7.91. The minimum absolute atomic E-state index is 0. The molecule has 3 rings (SSSR count). The summed E-state index contributed by atoms with van der Waals surface area (Å²) < 4.78 is 2.07. The number of aromatic nitrogens is 2. The zero-order valence-corrected chi connectivity index (χ0v) is 18.9. The van der Waals surface area contributed by atoms with Crippen molar-refractivity contribution in [3.63, 3.8) is 0 Å². The van der Waals surface area contributed by atoms with E-state index in [1.54, 1.807) is 7.05 Å². The van der Waals surface area contributed by atoms with Crippen LogP contribution in [-0.4, -0.2) is 40.9 Å². The molecule has 1 N–H and O–H groups in total. The average molecular weight is 498 g/mol. The number of fused-ring (bicyclic) bond motifs is 1. The van der Waals surface area contributed by atoms with Crippen molar-refractivity contribution >= 4 is 47.2 Å². The molecule has 2 heterocycles. The summed E-state index contributed by atoms with van der Waals surface area (Å²) in [5.74, 6) is 0.852. The molecular weight excluding hydrogens is 473 g/mol. The molecule has 0 radical (unpaired) electrons. The Hall–Kier alpha value is -1.80. The van der Waals surface area contributed by atoms with Crippen LogP contribution in [0.15, 0.2) is 53.8 Å². The Morgan fingerprint density at radius 1 is 1.30 bits per heavy atom. The molecular formula is C20H25ClIN5. The summed E-state index contributed by atoms with van der Waals surface area (Å²) in [5.41, 5.74) is 4.42. The number of aliphatic imine (C=N–C) groups is 1. The molecule has 0 saturated carbocycles. The Morgan fingerprint density at radius 2 is 2.11 bits per heavy atom. The number of nitrogens with one attached hydrogen (secondary N) is 1. The van der Waals surface area contributed by atoms with Crippen LogP contribution in [-0.2, 0) is 13.0 Å². The van der Waals surface area contributed by atoms with E-state index >= 15 is 0 Å². The quantitative estimate of drug-likeness (QED) is 0.327. The highest BCUT2D eigenvalue weighted by atomic mass is 127. The van der Waals surface area contributed by atoms with E-state index in [1.165, 1.54) is 5.56 Å². The van der Waals surface area contributed by atoms with Crippen molar-refractivity contribution in [2.24, 2.45) is 4.99 Å². The Morgan fingerprint density at radius 3 is 2.81 bits per heavy atom. The number of nitrogens with zero attached hydrogens (tertiary/aromatic N) is 4. The average Bonchev–Trinajstić information content (AvgIpc) is 3.03. The maximum absolute atomic E-state index is 6.06. The second kappa shape index (κ2) is 9.94. The minimum Gasteiger partial charge on any atom is -0.356 e. The van der Waals surface area contributed by atoms with Crippen LogP contribution in [0.4, 0.5) is 0 Å². The fraction of sp³-hybridized carbons (Fsp3) is 0.300. The summed E-state index contributed by atoms with van der Waals surface area (Å²) in [7, 11) is 3.82. The number of imidazole rings is 1. The van der Waals surface area contributed by atoms with Gasteiger partial charge in [-0.25, -0.2) is 4.98 Å². The third-order valence-corrected chi connectivity index (χ3v) is 4.51. The molecule has 0 spiro atoms. The maximum atomic E-state index is 6.06. The fourth-order valence-corrected chi connectivity index (χ4v) is 3.21. The lowest BCUT2D eigenvalue weighted by Crippen LogP contribution is -2.39. The Bertz CT molecular complexity index is 922. The third kappa shape index (κ3) is 5.59. The summed E-state index contributed by atoms with van der Waals surface area (Å²) in [6.07, 6.45) is 4.96. The third-order valence-electron chi connectivity index (χ3n) is 4.27. The highest BCUT2D eigenvalue weighted by Gasteiger charge is 2.08. The van der Waals surface area contributed by atoms with Crippen molar-refractivity contribution in [2.75, 3.05) is 20.6 Å². The van der Waals surface area contributed by atoms with E-state index in [9.17, 15) is 0 Å². The lowest BCUT2D eigenvalue weighted by molar-refractivity contribution is 0.477. The van der Waals surface area contributed by atoms with Crippen LogP contribution in [0.3, 0.4) is 0 Å². The van der Waals surface area contributed by atoms with E-state index < -0.39 is 0 Å². The first-order chi connectivity index (χ1) is 12.6. The summed E-state index contributed by atoms with van der Waals surface area (Å²) in [6, 6.07) is 12.0. The molecule has 0 bridgehead atoms. The standard InChI is InChI=1S/C20H24ClN5.HI/c1-15-6-5-11-26-14-18(24-19(15)26)9-10-23-20(22-2)25(3)13-16-7-4-8-17(21)12-16;/h4-8,11-12,14H,9-10,13H2,1-3H3,(H,22,23);1H. The highest BCUT2D eigenvalue weighted by Crippen LogP contribution is 2.12. The SMILES string of the molecule is CN=C(NCCc1cn2cccc(C)c2n1)N(C)Cc1cccc(Cl)c1.I. The summed E-state index contributed by atoms with van der Waals surface area (Å²) in [6.45, 7) is 3.60. The molecule has 0 unspecified atom stereocenters. The smallest absolute Gasteiger partial charge is 0.193 e. The molecule has 0 atom stereocenters. The van der Waals surface area contributed by atoms with Crippen LogP contribution >= 0.6 is 35.6 Å². The first kappa shape index (κ1) is 21.5. The van der Waals surface area contributed by atoms with Crippen molar-refractivity contribution in [3.8, 4) is 0 Å². The molecule has 5 nitrogen and oxygen atoms in total. The molecule has 27 heavy (non-hydrogen) atoms. The predicted octanol–water partition coefficient (Wildman–Crippen LogP) is 4.16. The molecule has 0 aliphatic heterocycles. The van der Waals surface area contributed by atoms with Gasteiger partial charge in [-0.15, -0.1) is 24.0 Å². The number of hydrogen-bond donors (Lipinski definition) is 1. The van der Waals surface area contributed by atoms with Gasteiger partial charge in [0.15, 0.2) is 5.96 Å². The molecule has 0 fully saturated rings. The summed E-state index contributed by atoms with van der Waals surface area (Å²) in [5, 5.41) is 4.16. The van der Waals surface area contributed by atoms with Crippen molar-refractivity contribution in [1.82, 2.24) is 19.6 Å². The molecule has 0 amide bonds. The first-order valence-corrected chi connectivity index (χ1v) is 9.04. The van der Waals surface area contributed by atoms with Gasteiger partial charge < -0.3 is 14.6 Å². The molecule has 144 valence electrons. The first-order valence-electron chi connectivity index (χ1n) is 8.66. The molecule has 3 aromatic rings. The molecule has 2 aromatic heterocycles. The zero-order valence-electron chi connectivity index (χ0n) is 15.8. The van der Waals surface area contributed by atoms with Gasteiger partial charge in [-0.2, -0.15) is 0 Å². The second-order valence-corrected chi connectivity index (χ2v) is 6.80. The van der Waals surface area contributed by atoms with E-state index in [4.69, 9.17) is 16.6 Å². The molecule has 0 saturated heterocycles. The molecule has 1 aromatic carbocycles. The van der Waals surface area contributed by atoms with Crippen LogP contribution < -0.4 is 5.32 Å². The van der Waals surface area contributed by atoms with Gasteiger partial charge in [0.05, 0.1) is 5.69 Å². The fourth-order valence-electron chi connectivity index (χ4n) is 3.00. The lowest BCUT2D eigenvalue weighted by atomic mass is 10.2. The predicted molar refractivity (Wildman–Crippen MR) is 123 cm³/mol. The van der Waals surface area contributed by atoms with Crippen molar-refractivity contribution in [1.29, 1.82) is 0 Å².